The Morgan fingerprint density at radius 1 is 0.658 bits per heavy atom. The predicted octanol–water partition coefficient (Wildman–Crippen LogP) is 13.7. The van der Waals surface area contributed by atoms with E-state index in [1.165, 1.54) is 34.4 Å². The molecule has 2 fully saturated rings. The van der Waals surface area contributed by atoms with Crippen molar-refractivity contribution in [1.29, 1.82) is 5.26 Å². The molecule has 10 atom stereocenters. The summed E-state index contributed by atoms with van der Waals surface area (Å²) in [4.78, 5) is 80.9. The highest BCUT2D eigenvalue weighted by Gasteiger charge is 2.53. The van der Waals surface area contributed by atoms with Crippen LogP contribution in [-0.4, -0.2) is 192 Å². The Kier molecular flexibility index (Phi) is 36.0. The molecule has 0 spiro atoms. The summed E-state index contributed by atoms with van der Waals surface area (Å²) in [7, 11) is -1.81. The summed E-state index contributed by atoms with van der Waals surface area (Å²) < 4.78 is 128. The van der Waals surface area contributed by atoms with Gasteiger partial charge in [0.2, 0.25) is 4.84 Å². The van der Waals surface area contributed by atoms with Gasteiger partial charge in [-0.15, -0.1) is 9.42 Å². The first-order chi connectivity index (χ1) is 55.7. The number of anilines is 2. The number of carbonyl (C=O) groups is 4. The number of aliphatic hydroxyl groups is 1. The summed E-state index contributed by atoms with van der Waals surface area (Å²) in [6.45, 7) is 13.2. The lowest BCUT2D eigenvalue weighted by Crippen LogP contribution is -2.41. The number of pyridine rings is 1. The highest BCUT2D eigenvalue weighted by atomic mass is 35.5. The van der Waals surface area contributed by atoms with Crippen molar-refractivity contribution >= 4 is 97.7 Å². The summed E-state index contributed by atoms with van der Waals surface area (Å²) in [5, 5.41) is 39.1. The second-order valence-electron chi connectivity index (χ2n) is 26.5. The molecule has 10 aromatic rings. The standard InChI is InChI=1S/C47H51FN7O7P.C17H15FN5O6P.C5H5N.C4H11N.C2H2Cl2O2.C2HF3O2/c1-31(2)55(32(3)4)63(60-27-13-26-49)62-42-39(61-46(40(42)48)54-30-52-41-43(50-29-51-44(41)54)53-45(56)33-14-9-7-10-15-33)28-59-47(34-16-11-8-12-17-34,35-18-22-37(57-5)23-19-35)36-20-24-38(58-6)25-21-36;18-11-13(29-30(26)27)10(6-24)28-17(11)23-8-21-12-14(19-7-20-15(12)23)22-16(25)9-4-2-1-3-5-9;1-2-4-6-5-3-1;1-4(2,3)5;3-1(4)2(5)6;3-2(4,5)1(6)7/h7-12,14-25,29-32,39-40,42,46H,13,27-28H2,1-6H3,(H,50,51,53,56);1-5,7-8,10-11,13,17,24H,6H2,(H-,19,20,22,25,26,27);1-5H;5H2,1-3H3;1H,(H,5,6);(H,6,7)/p+1/t39-,40-,42-,46-,63?;10-,11-,13-,17-;;;;/m11..../s1. The normalized spacial score (nSPS) is 18.1. The van der Waals surface area contributed by atoms with Gasteiger partial charge in [-0.2, -0.15) is 18.4 Å². The SMILES string of the molecule is CC(C)(C)N.COc1ccc(C(OC[C@H]2O[C@@H](n3cnc4c(NC(=O)c5ccccc5)ncnc43)[C@H](F)[C@@H]2OP(OCCC#N)N(C(C)C)C(C)C)(c2ccccc2)c2ccc(OC)cc2)cc1.O=C(Nc1ncnc2c1ncn2[C@@H]1O[C@H](CO)[C@@H](O[P+](=O)O)[C@H]1F)c1ccccc1.O=C(O)C(Cl)Cl.O=C(O)C(F)(F)F.c1ccncc1. The van der Waals surface area contributed by atoms with E-state index >= 15 is 4.39 Å². The smallest absolute Gasteiger partial charge is 0.497 e. The van der Waals surface area contributed by atoms with Gasteiger partial charge in [0.05, 0.1) is 59.2 Å². The van der Waals surface area contributed by atoms with Crippen LogP contribution >= 0.6 is 40.0 Å². The van der Waals surface area contributed by atoms with Crippen LogP contribution in [0.1, 0.15) is 105 Å². The van der Waals surface area contributed by atoms with Gasteiger partial charge in [-0.1, -0.05) is 120 Å². The molecule has 117 heavy (non-hydrogen) atoms. The van der Waals surface area contributed by atoms with E-state index in [4.69, 9.17) is 81.6 Å². The van der Waals surface area contributed by atoms with Crippen LogP contribution in [0.2, 0.25) is 0 Å². The van der Waals surface area contributed by atoms with Crippen molar-refractivity contribution in [2.24, 2.45) is 5.73 Å². The number of nitrogens with one attached hydrogen (secondary N) is 2. The molecule has 12 rings (SSSR count). The van der Waals surface area contributed by atoms with Crippen molar-refractivity contribution in [3.8, 4) is 17.6 Å². The summed E-state index contributed by atoms with van der Waals surface area (Å²) in [5.41, 5.74) is 8.12. The average molecular weight is 1710 g/mol. The molecule has 2 unspecified atom stereocenters. The van der Waals surface area contributed by atoms with E-state index in [0.29, 0.717) is 22.6 Å². The maximum absolute atomic E-state index is 17.7. The van der Waals surface area contributed by atoms with Crippen LogP contribution in [0.15, 0.2) is 195 Å². The molecule has 7 heterocycles. The molecule has 5 aromatic heterocycles. The van der Waals surface area contributed by atoms with Crippen molar-refractivity contribution in [2.45, 2.75) is 138 Å². The van der Waals surface area contributed by atoms with Crippen LogP contribution in [0.3, 0.4) is 0 Å². The van der Waals surface area contributed by atoms with Gasteiger partial charge in [0.1, 0.15) is 48.1 Å². The van der Waals surface area contributed by atoms with Crippen LogP contribution in [0, 0.1) is 11.3 Å². The average Bonchev–Trinajstić information content (AvgIpc) is 1.37. The highest BCUT2D eigenvalue weighted by Crippen LogP contribution is 2.52. The summed E-state index contributed by atoms with van der Waals surface area (Å²) in [5.74, 6) is -3.18. The molecule has 2 saturated heterocycles. The number of aromatic nitrogens is 9. The van der Waals surface area contributed by atoms with E-state index in [-0.39, 0.29) is 71.2 Å². The Balaban J connectivity index is 0.000000284. The van der Waals surface area contributed by atoms with Crippen LogP contribution < -0.4 is 25.8 Å². The van der Waals surface area contributed by atoms with E-state index in [9.17, 15) is 46.9 Å². The number of aliphatic carboxylic acids is 2. The first kappa shape index (κ1) is 93.8. The molecule has 8 N–H and O–H groups in total. The molecule has 40 heteroatoms. The molecule has 31 nitrogen and oxygen atoms in total. The zero-order valence-electron chi connectivity index (χ0n) is 64.3. The number of hydrogen-bond acceptors (Lipinski definition) is 24. The Labute approximate surface area is 681 Å². The van der Waals surface area contributed by atoms with E-state index in [0.717, 1.165) is 16.7 Å². The molecule has 5 aromatic carbocycles. The maximum atomic E-state index is 17.7. The summed E-state index contributed by atoms with van der Waals surface area (Å²) in [6.07, 6.45) is -7.58. The number of carboxylic acids is 2. The number of amides is 2. The Hall–Kier alpha value is -10.3. The Bertz CT molecular complexity index is 4740. The number of nitrogens with two attached hydrogens (primary N) is 1. The summed E-state index contributed by atoms with van der Waals surface area (Å²) >= 11 is 9.56. The molecule has 2 amide bonds. The lowest BCUT2D eigenvalue weighted by molar-refractivity contribution is -0.192. The number of nitriles is 1. The number of carbonyl (C=O) groups excluding carboxylic acids is 2. The quantitative estimate of drug-likeness (QED) is 0.00870. The number of nitrogens with zero attached hydrogens (tertiary/aromatic N) is 11. The van der Waals surface area contributed by atoms with Crippen LogP contribution in [0.4, 0.5) is 33.6 Å². The number of imidazole rings is 2. The van der Waals surface area contributed by atoms with Crippen molar-refractivity contribution < 1.29 is 103 Å². The van der Waals surface area contributed by atoms with Gasteiger partial charge in [0.15, 0.2) is 64.9 Å². The number of halogens is 7. The minimum Gasteiger partial charge on any atom is -0.497 e. The zero-order valence-corrected chi connectivity index (χ0v) is 67.6. The zero-order chi connectivity index (χ0) is 85.7. The van der Waals surface area contributed by atoms with Gasteiger partial charge in [-0.3, -0.25) is 23.7 Å². The molecule has 0 aliphatic carbocycles. The molecule has 0 radical (unpaired) electrons. The molecule has 2 aliphatic rings. The Morgan fingerprint density at radius 2 is 1.06 bits per heavy atom. The third-order valence-electron chi connectivity index (χ3n) is 16.2. The minimum atomic E-state index is -5.08. The van der Waals surface area contributed by atoms with Crippen molar-refractivity contribution in [3.63, 3.8) is 0 Å². The number of rotatable bonds is 26. The molecule has 0 saturated carbocycles. The number of methoxy groups -OCH3 is 2. The highest BCUT2D eigenvalue weighted by molar-refractivity contribution is 7.44. The van der Waals surface area contributed by atoms with Crippen LogP contribution in [-0.2, 0) is 47.5 Å². The second kappa shape index (κ2) is 44.9. The number of ether oxygens (including phenoxy) is 5. The number of aliphatic hydroxyl groups excluding tert-OH is 1. The fourth-order valence-electron chi connectivity index (χ4n) is 11.3. The van der Waals surface area contributed by atoms with E-state index < -0.39 is 113 Å². The predicted molar refractivity (Wildman–Crippen MR) is 422 cm³/mol. The number of fused-ring (bicyclic) bond motifs is 2. The largest absolute Gasteiger partial charge is 0.695 e. The van der Waals surface area contributed by atoms with Crippen molar-refractivity contribution in [2.75, 3.05) is 44.7 Å². The first-order valence-corrected chi connectivity index (χ1v) is 38.6. The second-order valence-corrected chi connectivity index (χ2v) is 29.7. The number of benzene rings is 5. The van der Waals surface area contributed by atoms with Gasteiger partial charge in [0.25, 0.3) is 20.3 Å². The molecule has 0 bridgehead atoms. The molecule has 2 aliphatic heterocycles. The van der Waals surface area contributed by atoms with Gasteiger partial charge in [-0.05, 0) is 126 Å². The lowest BCUT2D eigenvalue weighted by Gasteiger charge is -2.39. The van der Waals surface area contributed by atoms with E-state index in [1.54, 1.807) is 81.2 Å². The van der Waals surface area contributed by atoms with Gasteiger partial charge in [0, 0.05) is 45.7 Å². The topological polar surface area (TPSA) is 417 Å². The summed E-state index contributed by atoms with van der Waals surface area (Å²) in [6, 6.07) is 49.9. The van der Waals surface area contributed by atoms with E-state index in [2.05, 4.69) is 56.1 Å². The van der Waals surface area contributed by atoms with Gasteiger partial charge in [-0.25, -0.2) is 52.9 Å². The Morgan fingerprint density at radius 3 is 1.42 bits per heavy atom. The monoisotopic (exact) mass is 1710 g/mol. The maximum Gasteiger partial charge on any atom is 0.695 e. The third kappa shape index (κ3) is 26.6. The van der Waals surface area contributed by atoms with Gasteiger partial charge >= 0.3 is 26.4 Å². The molecular weight excluding hydrogens is 1620 g/mol. The first-order valence-electron chi connectivity index (χ1n) is 35.5. The number of hydrogen-bond donors (Lipinski definition) is 7. The van der Waals surface area contributed by atoms with Crippen LogP contribution in [0.25, 0.3) is 22.3 Å². The van der Waals surface area contributed by atoms with Crippen molar-refractivity contribution in [1.82, 2.24) is 48.7 Å². The van der Waals surface area contributed by atoms with Crippen LogP contribution in [0.5, 0.6) is 11.5 Å². The van der Waals surface area contributed by atoms with Gasteiger partial charge < -0.3 is 64.4 Å². The minimum absolute atomic E-state index is 0. The lowest BCUT2D eigenvalue weighted by atomic mass is 9.80. The number of alkyl halides is 7. The van der Waals surface area contributed by atoms with E-state index in [1.807, 2.05) is 156 Å². The van der Waals surface area contributed by atoms with Crippen molar-refractivity contribution in [3.05, 3.63) is 223 Å². The molecule has 624 valence electrons. The fraction of sp³-hybridized carbons (Fsp3) is 0.351. The molecular formula is C77H86Cl2F5N14O17P2+. The number of carboxylic acid groups (broad SMARTS) is 2. The third-order valence-corrected chi connectivity index (χ3v) is 19.2. The fourth-order valence-corrected chi connectivity index (χ4v) is 13.5.